The molecule has 0 radical (unpaired) electrons. The SMILES string of the molecule is CCCOc1cc(F)ccc1NC(=O)NC1CCC(O)CC1. The van der Waals surface area contributed by atoms with Gasteiger partial charge in [-0.25, -0.2) is 9.18 Å². The number of amides is 2. The van der Waals surface area contributed by atoms with E-state index >= 15 is 0 Å². The molecule has 0 saturated heterocycles. The maximum atomic E-state index is 13.3. The fraction of sp³-hybridized carbons (Fsp3) is 0.562. The molecule has 6 heteroatoms. The molecule has 0 bridgehead atoms. The molecule has 0 heterocycles. The van der Waals surface area contributed by atoms with Crippen LogP contribution >= 0.6 is 0 Å². The Morgan fingerprint density at radius 1 is 1.36 bits per heavy atom. The zero-order valence-electron chi connectivity index (χ0n) is 12.8. The topological polar surface area (TPSA) is 70.6 Å². The number of rotatable bonds is 5. The molecular weight excluding hydrogens is 287 g/mol. The number of anilines is 1. The highest BCUT2D eigenvalue weighted by Gasteiger charge is 2.21. The summed E-state index contributed by atoms with van der Waals surface area (Å²) in [5, 5.41) is 15.0. The van der Waals surface area contributed by atoms with E-state index in [2.05, 4.69) is 10.6 Å². The monoisotopic (exact) mass is 310 g/mol. The molecule has 3 N–H and O–H groups in total. The summed E-state index contributed by atoms with van der Waals surface area (Å²) in [7, 11) is 0. The third kappa shape index (κ3) is 4.87. The number of hydrogen-bond donors (Lipinski definition) is 3. The molecule has 122 valence electrons. The number of benzene rings is 1. The maximum Gasteiger partial charge on any atom is 0.319 e. The lowest BCUT2D eigenvalue weighted by atomic mass is 9.93. The fourth-order valence-corrected chi connectivity index (χ4v) is 2.49. The van der Waals surface area contributed by atoms with Gasteiger partial charge in [0.2, 0.25) is 0 Å². The Balaban J connectivity index is 1.93. The van der Waals surface area contributed by atoms with Gasteiger partial charge in [-0.05, 0) is 44.2 Å². The van der Waals surface area contributed by atoms with E-state index in [-0.39, 0.29) is 18.2 Å². The third-order valence-corrected chi connectivity index (χ3v) is 3.69. The number of hydrogen-bond acceptors (Lipinski definition) is 3. The Bertz CT molecular complexity index is 502. The summed E-state index contributed by atoms with van der Waals surface area (Å²) >= 11 is 0. The van der Waals surface area contributed by atoms with E-state index in [1.807, 2.05) is 6.92 Å². The van der Waals surface area contributed by atoms with Gasteiger partial charge < -0.3 is 20.5 Å². The van der Waals surface area contributed by atoms with Gasteiger partial charge in [0.1, 0.15) is 11.6 Å². The second-order valence-electron chi connectivity index (χ2n) is 5.59. The Morgan fingerprint density at radius 2 is 2.09 bits per heavy atom. The fourth-order valence-electron chi connectivity index (χ4n) is 2.49. The average Bonchev–Trinajstić information content (AvgIpc) is 2.50. The minimum absolute atomic E-state index is 0.0591. The molecule has 1 aromatic rings. The summed E-state index contributed by atoms with van der Waals surface area (Å²) in [6.45, 7) is 2.41. The average molecular weight is 310 g/mol. The van der Waals surface area contributed by atoms with E-state index in [1.165, 1.54) is 18.2 Å². The summed E-state index contributed by atoms with van der Waals surface area (Å²) in [6.07, 6.45) is 3.46. The van der Waals surface area contributed by atoms with Crippen molar-refractivity contribution in [2.75, 3.05) is 11.9 Å². The van der Waals surface area contributed by atoms with Crippen molar-refractivity contribution in [1.29, 1.82) is 0 Å². The lowest BCUT2D eigenvalue weighted by Gasteiger charge is -2.26. The molecule has 2 amide bonds. The number of aliphatic hydroxyl groups is 1. The van der Waals surface area contributed by atoms with E-state index < -0.39 is 5.82 Å². The molecule has 1 aliphatic rings. The van der Waals surface area contributed by atoms with Crippen LogP contribution in [0.1, 0.15) is 39.0 Å². The molecule has 0 spiro atoms. The summed E-state index contributed by atoms with van der Waals surface area (Å²) in [5.41, 5.74) is 0.447. The van der Waals surface area contributed by atoms with Crippen LogP contribution in [0, 0.1) is 5.82 Å². The predicted octanol–water partition coefficient (Wildman–Crippen LogP) is 3.04. The van der Waals surface area contributed by atoms with Crippen molar-refractivity contribution >= 4 is 11.7 Å². The Kier molecular flexibility index (Phi) is 6.00. The molecule has 0 aromatic heterocycles. The van der Waals surface area contributed by atoms with Crippen molar-refractivity contribution in [2.45, 2.75) is 51.2 Å². The van der Waals surface area contributed by atoms with Gasteiger partial charge in [-0.15, -0.1) is 0 Å². The van der Waals surface area contributed by atoms with Gasteiger partial charge in [0, 0.05) is 12.1 Å². The number of carbonyl (C=O) groups is 1. The van der Waals surface area contributed by atoms with Crippen molar-refractivity contribution in [3.63, 3.8) is 0 Å². The van der Waals surface area contributed by atoms with E-state index in [4.69, 9.17) is 4.74 Å². The second kappa shape index (κ2) is 7.98. The molecular formula is C16H23FN2O3. The second-order valence-corrected chi connectivity index (χ2v) is 5.59. The van der Waals surface area contributed by atoms with Crippen LogP contribution in [0.15, 0.2) is 18.2 Å². The first-order valence-electron chi connectivity index (χ1n) is 7.76. The Morgan fingerprint density at radius 3 is 2.77 bits per heavy atom. The van der Waals surface area contributed by atoms with Gasteiger partial charge in [0.25, 0.3) is 0 Å². The molecule has 22 heavy (non-hydrogen) atoms. The zero-order chi connectivity index (χ0) is 15.9. The van der Waals surface area contributed by atoms with Crippen LogP contribution in [-0.2, 0) is 0 Å². The lowest BCUT2D eigenvalue weighted by Crippen LogP contribution is -2.40. The van der Waals surface area contributed by atoms with E-state index in [1.54, 1.807) is 0 Å². The van der Waals surface area contributed by atoms with Gasteiger partial charge >= 0.3 is 6.03 Å². The number of carbonyl (C=O) groups excluding carboxylic acids is 1. The summed E-state index contributed by atoms with van der Waals surface area (Å²) < 4.78 is 18.7. The quantitative estimate of drug-likeness (QED) is 0.783. The number of aliphatic hydroxyl groups excluding tert-OH is 1. The molecule has 1 aromatic carbocycles. The zero-order valence-corrected chi connectivity index (χ0v) is 12.8. The summed E-state index contributed by atoms with van der Waals surface area (Å²) in [5.74, 6) is -0.0746. The molecule has 0 aliphatic heterocycles. The lowest BCUT2D eigenvalue weighted by molar-refractivity contribution is 0.118. The molecule has 2 rings (SSSR count). The van der Waals surface area contributed by atoms with Crippen molar-refractivity contribution in [1.82, 2.24) is 5.32 Å². The standard InChI is InChI=1S/C16H23FN2O3/c1-2-9-22-15-10-11(17)3-8-14(15)19-16(21)18-12-4-6-13(20)7-5-12/h3,8,10,12-13,20H,2,4-7,9H2,1H3,(H2,18,19,21). The van der Waals surface area contributed by atoms with E-state index in [0.29, 0.717) is 30.9 Å². The molecule has 5 nitrogen and oxygen atoms in total. The van der Waals surface area contributed by atoms with Crippen molar-refractivity contribution < 1.29 is 19.0 Å². The van der Waals surface area contributed by atoms with Crippen LogP contribution < -0.4 is 15.4 Å². The van der Waals surface area contributed by atoms with E-state index in [9.17, 15) is 14.3 Å². The normalized spacial score (nSPS) is 21.2. The molecule has 1 saturated carbocycles. The Hall–Kier alpha value is -1.82. The maximum absolute atomic E-state index is 13.3. The van der Waals surface area contributed by atoms with Crippen molar-refractivity contribution in [3.8, 4) is 5.75 Å². The largest absolute Gasteiger partial charge is 0.491 e. The van der Waals surface area contributed by atoms with Crippen molar-refractivity contribution in [2.24, 2.45) is 0 Å². The van der Waals surface area contributed by atoms with Gasteiger partial charge in [-0.2, -0.15) is 0 Å². The highest BCUT2D eigenvalue weighted by molar-refractivity contribution is 5.91. The molecule has 1 fully saturated rings. The number of urea groups is 1. The van der Waals surface area contributed by atoms with Crippen LogP contribution in [0.3, 0.4) is 0 Å². The van der Waals surface area contributed by atoms with E-state index in [0.717, 1.165) is 19.3 Å². The van der Waals surface area contributed by atoms with Crippen LogP contribution in [0.4, 0.5) is 14.9 Å². The van der Waals surface area contributed by atoms with Crippen LogP contribution in [0.2, 0.25) is 0 Å². The first kappa shape index (κ1) is 16.5. The minimum atomic E-state index is -0.404. The number of ether oxygens (including phenoxy) is 1. The highest BCUT2D eigenvalue weighted by atomic mass is 19.1. The molecule has 0 atom stereocenters. The minimum Gasteiger partial charge on any atom is -0.491 e. The molecule has 0 unspecified atom stereocenters. The summed E-state index contributed by atoms with van der Waals surface area (Å²) in [6, 6.07) is 3.76. The van der Waals surface area contributed by atoms with Crippen LogP contribution in [0.25, 0.3) is 0 Å². The highest BCUT2D eigenvalue weighted by Crippen LogP contribution is 2.26. The number of nitrogens with one attached hydrogen (secondary N) is 2. The van der Waals surface area contributed by atoms with Gasteiger partial charge in [0.15, 0.2) is 0 Å². The van der Waals surface area contributed by atoms with Gasteiger partial charge in [-0.1, -0.05) is 6.92 Å². The predicted molar refractivity (Wildman–Crippen MR) is 82.6 cm³/mol. The smallest absolute Gasteiger partial charge is 0.319 e. The third-order valence-electron chi connectivity index (χ3n) is 3.69. The van der Waals surface area contributed by atoms with Crippen molar-refractivity contribution in [3.05, 3.63) is 24.0 Å². The van der Waals surface area contributed by atoms with Gasteiger partial charge in [0.05, 0.1) is 18.4 Å². The van der Waals surface area contributed by atoms with Gasteiger partial charge in [-0.3, -0.25) is 0 Å². The first-order valence-corrected chi connectivity index (χ1v) is 7.76. The summed E-state index contributed by atoms with van der Waals surface area (Å²) in [4.78, 5) is 12.0. The number of halogens is 1. The van der Waals surface area contributed by atoms with Crippen LogP contribution in [0.5, 0.6) is 5.75 Å². The first-order chi connectivity index (χ1) is 10.6. The molecule has 1 aliphatic carbocycles. The Labute approximate surface area is 129 Å². The van der Waals surface area contributed by atoms with Crippen LogP contribution in [-0.4, -0.2) is 29.9 Å².